The number of aryl methyl sites for hydroxylation is 2. The molecule has 0 radical (unpaired) electrons. The third-order valence-electron chi connectivity index (χ3n) is 5.53. The third kappa shape index (κ3) is 4.87. The summed E-state index contributed by atoms with van der Waals surface area (Å²) in [7, 11) is 0. The zero-order chi connectivity index (χ0) is 20.3. The molecule has 1 aliphatic heterocycles. The van der Waals surface area contributed by atoms with Gasteiger partial charge in [-0.3, -0.25) is 9.69 Å². The van der Waals surface area contributed by atoms with Gasteiger partial charge in [0, 0.05) is 37.8 Å². The Balaban J connectivity index is 1.63. The number of halogens is 1. The lowest BCUT2D eigenvalue weighted by atomic mass is 10.0. The van der Waals surface area contributed by atoms with Crippen molar-refractivity contribution < 1.29 is 9.18 Å². The molecule has 1 aliphatic rings. The second-order valence-electron chi connectivity index (χ2n) is 7.94. The van der Waals surface area contributed by atoms with Crippen molar-refractivity contribution in [3.05, 3.63) is 76.6 Å². The molecule has 2 atom stereocenters. The van der Waals surface area contributed by atoms with Crippen LogP contribution in [0.3, 0.4) is 0 Å². The van der Waals surface area contributed by atoms with E-state index in [-0.39, 0.29) is 23.8 Å². The van der Waals surface area contributed by atoms with E-state index >= 15 is 0 Å². The van der Waals surface area contributed by atoms with E-state index in [2.05, 4.69) is 50.8 Å². The van der Waals surface area contributed by atoms with Gasteiger partial charge in [-0.25, -0.2) is 4.39 Å². The summed E-state index contributed by atoms with van der Waals surface area (Å²) in [5, 5.41) is 0. The SMILES string of the molecule is Cc1ccc(C=CC(=O)N2CC(C)N(Cc3ccc(F)cc3)CC2C)c(C)c1. The van der Waals surface area contributed by atoms with Gasteiger partial charge < -0.3 is 4.90 Å². The molecule has 0 saturated carbocycles. The maximum Gasteiger partial charge on any atom is 0.246 e. The molecular formula is C24H29FN2O. The molecule has 0 N–H and O–H groups in total. The highest BCUT2D eigenvalue weighted by atomic mass is 19.1. The van der Waals surface area contributed by atoms with E-state index in [4.69, 9.17) is 0 Å². The fraction of sp³-hybridized carbons (Fsp3) is 0.375. The predicted molar refractivity (Wildman–Crippen MR) is 112 cm³/mol. The molecule has 0 aliphatic carbocycles. The lowest BCUT2D eigenvalue weighted by Gasteiger charge is -2.44. The normalized spacial score (nSPS) is 20.7. The van der Waals surface area contributed by atoms with Crippen LogP contribution in [0.4, 0.5) is 4.39 Å². The van der Waals surface area contributed by atoms with Crippen LogP contribution in [-0.2, 0) is 11.3 Å². The van der Waals surface area contributed by atoms with Gasteiger partial charge in [0.15, 0.2) is 0 Å². The van der Waals surface area contributed by atoms with E-state index in [0.29, 0.717) is 6.54 Å². The molecule has 3 nitrogen and oxygen atoms in total. The van der Waals surface area contributed by atoms with Crippen LogP contribution in [0.5, 0.6) is 0 Å². The molecule has 0 bridgehead atoms. The Morgan fingerprint density at radius 2 is 1.79 bits per heavy atom. The molecule has 4 heteroatoms. The van der Waals surface area contributed by atoms with Crippen LogP contribution < -0.4 is 0 Å². The highest BCUT2D eigenvalue weighted by Crippen LogP contribution is 2.19. The molecule has 1 amide bonds. The van der Waals surface area contributed by atoms with Crippen molar-refractivity contribution >= 4 is 12.0 Å². The van der Waals surface area contributed by atoms with Crippen LogP contribution in [0, 0.1) is 19.7 Å². The van der Waals surface area contributed by atoms with Crippen LogP contribution in [0.15, 0.2) is 48.5 Å². The topological polar surface area (TPSA) is 23.6 Å². The molecule has 1 fully saturated rings. The lowest BCUT2D eigenvalue weighted by molar-refractivity contribution is -0.131. The Morgan fingerprint density at radius 1 is 1.07 bits per heavy atom. The van der Waals surface area contributed by atoms with Gasteiger partial charge in [-0.1, -0.05) is 35.9 Å². The first-order chi connectivity index (χ1) is 13.3. The zero-order valence-corrected chi connectivity index (χ0v) is 17.2. The Labute approximate surface area is 167 Å². The third-order valence-corrected chi connectivity index (χ3v) is 5.53. The Hall–Kier alpha value is -2.46. The van der Waals surface area contributed by atoms with Crippen molar-refractivity contribution in [3.8, 4) is 0 Å². The van der Waals surface area contributed by atoms with Crippen molar-refractivity contribution in [1.29, 1.82) is 0 Å². The number of piperazine rings is 1. The molecule has 1 saturated heterocycles. The number of hydrogen-bond acceptors (Lipinski definition) is 2. The highest BCUT2D eigenvalue weighted by Gasteiger charge is 2.30. The first kappa shape index (κ1) is 20.3. The van der Waals surface area contributed by atoms with Gasteiger partial charge in [0.2, 0.25) is 5.91 Å². The zero-order valence-electron chi connectivity index (χ0n) is 17.2. The monoisotopic (exact) mass is 380 g/mol. The summed E-state index contributed by atoms with van der Waals surface area (Å²) in [6.07, 6.45) is 3.61. The molecule has 0 spiro atoms. The molecule has 0 aromatic heterocycles. The fourth-order valence-electron chi connectivity index (χ4n) is 3.82. The number of carbonyl (C=O) groups is 1. The minimum Gasteiger partial charge on any atom is -0.334 e. The second kappa shape index (κ2) is 8.70. The maximum absolute atomic E-state index is 13.1. The van der Waals surface area contributed by atoms with Crippen LogP contribution in [-0.4, -0.2) is 40.9 Å². The first-order valence-corrected chi connectivity index (χ1v) is 9.88. The minimum atomic E-state index is -0.212. The highest BCUT2D eigenvalue weighted by molar-refractivity contribution is 5.92. The number of rotatable bonds is 4. The summed E-state index contributed by atoms with van der Waals surface area (Å²) >= 11 is 0. The van der Waals surface area contributed by atoms with Gasteiger partial charge in [0.25, 0.3) is 0 Å². The van der Waals surface area contributed by atoms with Gasteiger partial charge in [0.1, 0.15) is 5.82 Å². The first-order valence-electron chi connectivity index (χ1n) is 9.88. The minimum absolute atomic E-state index is 0.0563. The van der Waals surface area contributed by atoms with Crippen LogP contribution in [0.25, 0.3) is 6.08 Å². The van der Waals surface area contributed by atoms with E-state index in [1.165, 1.54) is 23.3 Å². The van der Waals surface area contributed by atoms with Gasteiger partial charge in [0.05, 0.1) is 0 Å². The summed E-state index contributed by atoms with van der Waals surface area (Å²) in [5.74, 6) is -0.156. The second-order valence-corrected chi connectivity index (χ2v) is 7.94. The van der Waals surface area contributed by atoms with Crippen LogP contribution in [0.1, 0.15) is 36.1 Å². The van der Waals surface area contributed by atoms with Crippen molar-refractivity contribution in [3.63, 3.8) is 0 Å². The Bertz CT molecular complexity index is 859. The van der Waals surface area contributed by atoms with E-state index in [0.717, 1.165) is 24.2 Å². The summed E-state index contributed by atoms with van der Waals surface area (Å²) in [6, 6.07) is 13.3. The molecule has 2 unspecified atom stereocenters. The standard InChI is InChI=1S/C24H29FN2O/c1-17-5-8-22(18(2)13-17)9-12-24(28)27-15-19(3)26(14-20(27)4)16-21-6-10-23(25)11-7-21/h5-13,19-20H,14-16H2,1-4H3. The summed E-state index contributed by atoms with van der Waals surface area (Å²) in [5.41, 5.74) is 4.57. The molecular weight excluding hydrogens is 351 g/mol. The molecule has 148 valence electrons. The maximum atomic E-state index is 13.1. The van der Waals surface area contributed by atoms with Crippen molar-refractivity contribution in [2.24, 2.45) is 0 Å². The van der Waals surface area contributed by atoms with Crippen LogP contribution in [0.2, 0.25) is 0 Å². The van der Waals surface area contributed by atoms with E-state index in [1.807, 2.05) is 23.1 Å². The molecule has 1 heterocycles. The largest absolute Gasteiger partial charge is 0.334 e. The number of hydrogen-bond donors (Lipinski definition) is 0. The van der Waals surface area contributed by atoms with E-state index < -0.39 is 0 Å². The van der Waals surface area contributed by atoms with Crippen molar-refractivity contribution in [1.82, 2.24) is 9.80 Å². The molecule has 2 aromatic carbocycles. The average Bonchev–Trinajstić information content (AvgIpc) is 2.65. The molecule has 2 aromatic rings. The predicted octanol–water partition coefficient (Wildman–Crippen LogP) is 4.58. The van der Waals surface area contributed by atoms with Gasteiger partial charge in [-0.05, 0) is 62.6 Å². The average molecular weight is 381 g/mol. The van der Waals surface area contributed by atoms with Crippen molar-refractivity contribution in [2.75, 3.05) is 13.1 Å². The van der Waals surface area contributed by atoms with E-state index in [9.17, 15) is 9.18 Å². The summed E-state index contributed by atoms with van der Waals surface area (Å²) < 4.78 is 13.1. The van der Waals surface area contributed by atoms with Gasteiger partial charge in [-0.15, -0.1) is 0 Å². The van der Waals surface area contributed by atoms with Gasteiger partial charge in [-0.2, -0.15) is 0 Å². The lowest BCUT2D eigenvalue weighted by Crippen LogP contribution is -2.57. The quantitative estimate of drug-likeness (QED) is 0.725. The molecule has 3 rings (SSSR count). The fourth-order valence-corrected chi connectivity index (χ4v) is 3.82. The Morgan fingerprint density at radius 3 is 2.46 bits per heavy atom. The summed E-state index contributed by atoms with van der Waals surface area (Å²) in [6.45, 7) is 10.6. The van der Waals surface area contributed by atoms with Crippen molar-refractivity contribution in [2.45, 2.75) is 46.3 Å². The number of benzene rings is 2. The van der Waals surface area contributed by atoms with E-state index in [1.54, 1.807) is 6.08 Å². The summed E-state index contributed by atoms with van der Waals surface area (Å²) in [4.78, 5) is 17.1. The number of amides is 1. The van der Waals surface area contributed by atoms with Crippen LogP contribution >= 0.6 is 0 Å². The Kier molecular flexibility index (Phi) is 6.30. The van der Waals surface area contributed by atoms with Gasteiger partial charge >= 0.3 is 0 Å². The number of nitrogens with zero attached hydrogens (tertiary/aromatic N) is 2. The number of carbonyl (C=O) groups excluding carboxylic acids is 1. The smallest absolute Gasteiger partial charge is 0.246 e. The molecule has 28 heavy (non-hydrogen) atoms.